The molecule has 2 aliphatic rings. The molecule has 2 heterocycles. The van der Waals surface area contributed by atoms with Crippen molar-refractivity contribution in [3.8, 4) is 0 Å². The first kappa shape index (κ1) is 16.4. The zero-order valence-electron chi connectivity index (χ0n) is 15.2. The summed E-state index contributed by atoms with van der Waals surface area (Å²) in [6.07, 6.45) is 5.91. The van der Waals surface area contributed by atoms with E-state index in [0.717, 1.165) is 57.0 Å². The van der Waals surface area contributed by atoms with E-state index in [1.165, 1.54) is 24.8 Å². The number of para-hydroxylation sites is 2. The molecule has 1 aliphatic carbocycles. The number of fused-ring (bicyclic) bond motifs is 1. The van der Waals surface area contributed by atoms with Crippen LogP contribution in [0.5, 0.6) is 0 Å². The molecule has 0 spiro atoms. The number of carbonyl (C=O) groups is 1. The van der Waals surface area contributed by atoms with Gasteiger partial charge in [-0.3, -0.25) is 4.79 Å². The molecule has 5 nitrogen and oxygen atoms in total. The Morgan fingerprint density at radius 1 is 1.08 bits per heavy atom. The van der Waals surface area contributed by atoms with E-state index in [9.17, 15) is 4.79 Å². The Bertz CT molecular complexity index is 739. The Balaban J connectivity index is 1.46. The maximum atomic E-state index is 12.7. The van der Waals surface area contributed by atoms with Gasteiger partial charge in [-0.25, -0.2) is 4.98 Å². The third kappa shape index (κ3) is 3.12. The Labute approximate surface area is 149 Å². The molecule has 0 radical (unpaired) electrons. The molecular weight excluding hydrogens is 312 g/mol. The van der Waals surface area contributed by atoms with Crippen molar-refractivity contribution in [2.75, 3.05) is 31.1 Å². The van der Waals surface area contributed by atoms with Crippen molar-refractivity contribution in [3.63, 3.8) is 0 Å². The van der Waals surface area contributed by atoms with Crippen molar-refractivity contribution in [3.05, 3.63) is 24.3 Å². The first-order chi connectivity index (χ1) is 12.3. The van der Waals surface area contributed by atoms with Gasteiger partial charge in [0, 0.05) is 38.6 Å². The minimum absolute atomic E-state index is 0.278. The topological polar surface area (TPSA) is 41.4 Å². The lowest BCUT2D eigenvalue weighted by Crippen LogP contribution is -2.51. The molecule has 1 amide bonds. The second-order valence-electron chi connectivity index (χ2n) is 7.29. The van der Waals surface area contributed by atoms with Crippen molar-refractivity contribution in [1.29, 1.82) is 0 Å². The summed E-state index contributed by atoms with van der Waals surface area (Å²) in [5.41, 5.74) is 2.25. The van der Waals surface area contributed by atoms with Gasteiger partial charge in [0.25, 0.3) is 0 Å². The van der Waals surface area contributed by atoms with E-state index in [2.05, 4.69) is 39.5 Å². The predicted octanol–water partition coefficient (Wildman–Crippen LogP) is 3.29. The number of anilines is 1. The molecule has 134 valence electrons. The van der Waals surface area contributed by atoms with Crippen molar-refractivity contribution < 1.29 is 4.79 Å². The fourth-order valence-electron chi connectivity index (χ4n) is 4.35. The lowest BCUT2D eigenvalue weighted by atomic mass is 9.88. The molecule has 1 aromatic heterocycles. The molecule has 25 heavy (non-hydrogen) atoms. The van der Waals surface area contributed by atoms with Crippen molar-refractivity contribution in [2.45, 2.75) is 45.6 Å². The SMILES string of the molecule is CCn1c(N2CCN(C(=O)C3CCCCC3)CC2)nc2ccccc21. The van der Waals surface area contributed by atoms with Gasteiger partial charge in [0.1, 0.15) is 0 Å². The number of amides is 1. The second kappa shape index (κ2) is 7.06. The highest BCUT2D eigenvalue weighted by atomic mass is 16.2. The van der Waals surface area contributed by atoms with Gasteiger partial charge in [0.05, 0.1) is 11.0 Å². The van der Waals surface area contributed by atoms with Gasteiger partial charge >= 0.3 is 0 Å². The van der Waals surface area contributed by atoms with Crippen LogP contribution in [0.2, 0.25) is 0 Å². The molecule has 4 rings (SSSR count). The average Bonchev–Trinajstić information content (AvgIpc) is 3.07. The van der Waals surface area contributed by atoms with Crippen molar-refractivity contribution in [1.82, 2.24) is 14.5 Å². The number of nitrogens with zero attached hydrogens (tertiary/aromatic N) is 4. The highest BCUT2D eigenvalue weighted by Crippen LogP contribution is 2.27. The largest absolute Gasteiger partial charge is 0.339 e. The van der Waals surface area contributed by atoms with Crippen molar-refractivity contribution >= 4 is 22.9 Å². The molecule has 1 saturated heterocycles. The number of piperazine rings is 1. The molecular formula is C20H28N4O. The third-order valence-electron chi connectivity index (χ3n) is 5.78. The van der Waals surface area contributed by atoms with Crippen molar-refractivity contribution in [2.24, 2.45) is 5.92 Å². The number of carbonyl (C=O) groups excluding carboxylic acids is 1. The highest BCUT2D eigenvalue weighted by Gasteiger charge is 2.29. The monoisotopic (exact) mass is 340 g/mol. The molecule has 1 aromatic carbocycles. The molecule has 0 atom stereocenters. The predicted molar refractivity (Wildman–Crippen MR) is 101 cm³/mol. The first-order valence-electron chi connectivity index (χ1n) is 9.77. The summed E-state index contributed by atoms with van der Waals surface area (Å²) in [4.78, 5) is 22.0. The first-order valence-corrected chi connectivity index (χ1v) is 9.77. The van der Waals surface area contributed by atoms with E-state index in [1.807, 2.05) is 6.07 Å². The molecule has 1 aliphatic heterocycles. The summed E-state index contributed by atoms with van der Waals surface area (Å²) in [5, 5.41) is 0. The van der Waals surface area contributed by atoms with E-state index in [-0.39, 0.29) is 5.92 Å². The number of hydrogen-bond donors (Lipinski definition) is 0. The van der Waals surface area contributed by atoms with Crippen LogP contribution in [0.4, 0.5) is 5.95 Å². The minimum Gasteiger partial charge on any atom is -0.339 e. The lowest BCUT2D eigenvalue weighted by molar-refractivity contribution is -0.136. The maximum Gasteiger partial charge on any atom is 0.225 e. The molecule has 1 saturated carbocycles. The lowest BCUT2D eigenvalue weighted by Gasteiger charge is -2.37. The third-order valence-corrected chi connectivity index (χ3v) is 5.78. The Kier molecular flexibility index (Phi) is 4.64. The molecule has 2 aromatic rings. The quantitative estimate of drug-likeness (QED) is 0.861. The minimum atomic E-state index is 0.278. The van der Waals surface area contributed by atoms with Gasteiger partial charge < -0.3 is 14.4 Å². The zero-order valence-corrected chi connectivity index (χ0v) is 15.2. The summed E-state index contributed by atoms with van der Waals surface area (Å²) in [6, 6.07) is 8.33. The van der Waals surface area contributed by atoms with E-state index in [1.54, 1.807) is 0 Å². The van der Waals surface area contributed by atoms with Crippen LogP contribution in [-0.2, 0) is 11.3 Å². The Morgan fingerprint density at radius 3 is 2.52 bits per heavy atom. The number of benzene rings is 1. The summed E-state index contributed by atoms with van der Waals surface area (Å²) in [6.45, 7) is 6.48. The fraction of sp³-hybridized carbons (Fsp3) is 0.600. The van der Waals surface area contributed by atoms with Crippen LogP contribution in [0.3, 0.4) is 0 Å². The number of hydrogen-bond acceptors (Lipinski definition) is 3. The maximum absolute atomic E-state index is 12.7. The van der Waals surface area contributed by atoms with E-state index in [0.29, 0.717) is 5.91 Å². The average molecular weight is 340 g/mol. The summed E-state index contributed by atoms with van der Waals surface area (Å²) in [5.74, 6) is 1.72. The second-order valence-corrected chi connectivity index (χ2v) is 7.29. The Morgan fingerprint density at radius 2 is 1.80 bits per heavy atom. The molecule has 0 N–H and O–H groups in total. The highest BCUT2D eigenvalue weighted by molar-refractivity contribution is 5.80. The van der Waals surface area contributed by atoms with Gasteiger partial charge in [0.15, 0.2) is 0 Å². The van der Waals surface area contributed by atoms with Gasteiger partial charge in [-0.05, 0) is 31.9 Å². The van der Waals surface area contributed by atoms with Gasteiger partial charge in [-0.1, -0.05) is 31.4 Å². The standard InChI is InChI=1S/C20H28N4O/c1-2-24-18-11-7-6-10-17(18)21-20(24)23-14-12-22(13-15-23)19(25)16-8-4-3-5-9-16/h6-7,10-11,16H,2-5,8-9,12-15H2,1H3. The number of rotatable bonds is 3. The molecule has 0 bridgehead atoms. The van der Waals surface area contributed by atoms with E-state index in [4.69, 9.17) is 4.98 Å². The van der Waals surface area contributed by atoms with Crippen LogP contribution in [-0.4, -0.2) is 46.5 Å². The smallest absolute Gasteiger partial charge is 0.225 e. The van der Waals surface area contributed by atoms with Crippen LogP contribution in [0.15, 0.2) is 24.3 Å². The zero-order chi connectivity index (χ0) is 17.2. The fourth-order valence-corrected chi connectivity index (χ4v) is 4.35. The van der Waals surface area contributed by atoms with Crippen LogP contribution < -0.4 is 4.90 Å². The van der Waals surface area contributed by atoms with Gasteiger partial charge in [-0.15, -0.1) is 0 Å². The summed E-state index contributed by atoms with van der Waals surface area (Å²) < 4.78 is 2.29. The van der Waals surface area contributed by atoms with Crippen LogP contribution in [0, 0.1) is 5.92 Å². The summed E-state index contributed by atoms with van der Waals surface area (Å²) >= 11 is 0. The molecule has 0 unspecified atom stereocenters. The van der Waals surface area contributed by atoms with Gasteiger partial charge in [0.2, 0.25) is 11.9 Å². The molecule has 2 fully saturated rings. The number of aromatic nitrogens is 2. The van der Waals surface area contributed by atoms with Crippen LogP contribution in [0.1, 0.15) is 39.0 Å². The Hall–Kier alpha value is -2.04. The molecule has 5 heteroatoms. The van der Waals surface area contributed by atoms with Gasteiger partial charge in [-0.2, -0.15) is 0 Å². The number of imidazole rings is 1. The van der Waals surface area contributed by atoms with E-state index >= 15 is 0 Å². The van der Waals surface area contributed by atoms with Crippen LogP contribution in [0.25, 0.3) is 11.0 Å². The normalized spacial score (nSPS) is 19.6. The van der Waals surface area contributed by atoms with Crippen LogP contribution >= 0.6 is 0 Å². The number of aryl methyl sites for hydroxylation is 1. The summed E-state index contributed by atoms with van der Waals surface area (Å²) in [7, 11) is 0. The van der Waals surface area contributed by atoms with E-state index < -0.39 is 0 Å².